The summed E-state index contributed by atoms with van der Waals surface area (Å²) in [5.41, 5.74) is 2.94. The van der Waals surface area contributed by atoms with Gasteiger partial charge in [-0.05, 0) is 48.0 Å². The normalized spacial score (nSPS) is 10.9. The minimum Gasteiger partial charge on any atom is -0.347 e. The average Bonchev–Trinajstić information content (AvgIpc) is 3.54. The van der Waals surface area contributed by atoms with Crippen molar-refractivity contribution in [2.75, 3.05) is 0 Å². The zero-order valence-corrected chi connectivity index (χ0v) is 21.8. The van der Waals surface area contributed by atoms with Crippen LogP contribution in [0.4, 0.5) is 0 Å². The van der Waals surface area contributed by atoms with Crippen molar-refractivity contribution in [2.45, 2.75) is 17.5 Å². The Balaban J connectivity index is 1.35. The number of halogens is 2. The molecule has 0 bridgehead atoms. The van der Waals surface area contributed by atoms with Gasteiger partial charge in [-0.15, -0.1) is 21.5 Å². The topological polar surface area (TPSA) is 85.6 Å². The van der Waals surface area contributed by atoms with Gasteiger partial charge in [0.2, 0.25) is 0 Å². The van der Waals surface area contributed by atoms with E-state index in [1.807, 2.05) is 65.2 Å². The SMILES string of the molecule is O=C(NCc1ccncc1)c1csc(CSc2nnc(-c3ccccc3Cl)n2-c2cccc(Cl)c2)n1. The predicted octanol–water partition coefficient (Wildman–Crippen LogP) is 6.31. The van der Waals surface area contributed by atoms with Crippen LogP contribution in [0.3, 0.4) is 0 Å². The number of nitrogens with one attached hydrogen (secondary N) is 1. The second kappa shape index (κ2) is 11.2. The van der Waals surface area contributed by atoms with E-state index in [4.69, 9.17) is 23.2 Å². The Morgan fingerprint density at radius 1 is 1.03 bits per heavy atom. The van der Waals surface area contributed by atoms with Gasteiger partial charge in [0.25, 0.3) is 5.91 Å². The molecule has 2 aromatic carbocycles. The number of thiazole rings is 1. The standard InChI is InChI=1S/C25H18Cl2N6OS2/c26-17-4-3-5-18(12-17)33-23(19-6-1-2-7-20(19)27)31-32-25(33)36-15-22-30-21(14-35-22)24(34)29-13-16-8-10-28-11-9-16/h1-12,14H,13,15H2,(H,29,34). The molecule has 0 aliphatic rings. The monoisotopic (exact) mass is 552 g/mol. The van der Waals surface area contributed by atoms with Crippen molar-refractivity contribution in [3.63, 3.8) is 0 Å². The highest BCUT2D eigenvalue weighted by Crippen LogP contribution is 2.33. The van der Waals surface area contributed by atoms with E-state index in [2.05, 4.69) is 25.5 Å². The Bertz CT molecular complexity index is 1510. The van der Waals surface area contributed by atoms with Gasteiger partial charge in [0.1, 0.15) is 10.7 Å². The summed E-state index contributed by atoms with van der Waals surface area (Å²) >= 11 is 15.6. The molecule has 0 unspecified atom stereocenters. The Labute approximate surface area is 225 Å². The highest BCUT2D eigenvalue weighted by molar-refractivity contribution is 7.98. The highest BCUT2D eigenvalue weighted by atomic mass is 35.5. The van der Waals surface area contributed by atoms with Crippen molar-refractivity contribution >= 4 is 52.2 Å². The number of amides is 1. The summed E-state index contributed by atoms with van der Waals surface area (Å²) in [5, 5.41) is 16.1. The second-order valence-corrected chi connectivity index (χ2v) is 10.3. The molecule has 3 heterocycles. The number of nitrogens with zero attached hydrogens (tertiary/aromatic N) is 5. The molecule has 7 nitrogen and oxygen atoms in total. The lowest BCUT2D eigenvalue weighted by molar-refractivity contribution is 0.0946. The summed E-state index contributed by atoms with van der Waals surface area (Å²) in [5.74, 6) is 0.909. The van der Waals surface area contributed by atoms with Crippen molar-refractivity contribution in [3.8, 4) is 17.1 Å². The molecule has 0 aliphatic heterocycles. The molecule has 5 rings (SSSR count). The Morgan fingerprint density at radius 3 is 2.67 bits per heavy atom. The molecule has 0 saturated carbocycles. The quantitative estimate of drug-likeness (QED) is 0.227. The van der Waals surface area contributed by atoms with Crippen LogP contribution in [0.1, 0.15) is 21.1 Å². The number of carbonyl (C=O) groups is 1. The maximum absolute atomic E-state index is 12.5. The van der Waals surface area contributed by atoms with Gasteiger partial charge < -0.3 is 5.32 Å². The van der Waals surface area contributed by atoms with Crippen LogP contribution < -0.4 is 5.32 Å². The van der Waals surface area contributed by atoms with E-state index in [0.29, 0.717) is 39.0 Å². The van der Waals surface area contributed by atoms with Crippen molar-refractivity contribution < 1.29 is 4.79 Å². The Morgan fingerprint density at radius 2 is 1.86 bits per heavy atom. The number of rotatable bonds is 8. The van der Waals surface area contributed by atoms with Crippen molar-refractivity contribution in [2.24, 2.45) is 0 Å². The van der Waals surface area contributed by atoms with E-state index < -0.39 is 0 Å². The van der Waals surface area contributed by atoms with Crippen LogP contribution in [-0.2, 0) is 12.3 Å². The fraction of sp³-hybridized carbons (Fsp3) is 0.0800. The molecule has 11 heteroatoms. The molecule has 180 valence electrons. The van der Waals surface area contributed by atoms with Crippen molar-refractivity contribution in [1.29, 1.82) is 0 Å². The zero-order chi connectivity index (χ0) is 24.9. The molecule has 3 aromatic heterocycles. The molecule has 0 atom stereocenters. The van der Waals surface area contributed by atoms with Gasteiger partial charge in [-0.1, -0.05) is 53.2 Å². The molecular weight excluding hydrogens is 535 g/mol. The first-order valence-electron chi connectivity index (χ1n) is 10.8. The second-order valence-electron chi connectivity index (χ2n) is 7.55. The van der Waals surface area contributed by atoms with Crippen LogP contribution in [-0.4, -0.2) is 30.6 Å². The molecule has 0 aliphatic carbocycles. The summed E-state index contributed by atoms with van der Waals surface area (Å²) in [6.45, 7) is 0.413. The van der Waals surface area contributed by atoms with Gasteiger partial charge in [0, 0.05) is 34.9 Å². The van der Waals surface area contributed by atoms with Gasteiger partial charge in [-0.25, -0.2) is 4.98 Å². The van der Waals surface area contributed by atoms with Gasteiger partial charge in [-0.3, -0.25) is 14.3 Å². The zero-order valence-electron chi connectivity index (χ0n) is 18.6. The first kappa shape index (κ1) is 24.5. The predicted molar refractivity (Wildman–Crippen MR) is 144 cm³/mol. The van der Waals surface area contributed by atoms with Crippen molar-refractivity contribution in [3.05, 3.63) is 105 Å². The van der Waals surface area contributed by atoms with Gasteiger partial charge in [0.05, 0.1) is 16.5 Å². The average molecular weight is 554 g/mol. The number of hydrogen-bond acceptors (Lipinski definition) is 7. The van der Waals surface area contributed by atoms with Gasteiger partial charge in [0.15, 0.2) is 11.0 Å². The fourth-order valence-electron chi connectivity index (χ4n) is 3.41. The maximum Gasteiger partial charge on any atom is 0.271 e. The molecular formula is C25H18Cl2N6OS2. The van der Waals surface area contributed by atoms with Gasteiger partial charge in [-0.2, -0.15) is 0 Å². The fourth-order valence-corrected chi connectivity index (χ4v) is 5.56. The molecule has 36 heavy (non-hydrogen) atoms. The van der Waals surface area contributed by atoms with E-state index >= 15 is 0 Å². The van der Waals surface area contributed by atoms with Crippen LogP contribution in [0.15, 0.2) is 83.6 Å². The number of hydrogen-bond donors (Lipinski definition) is 1. The summed E-state index contributed by atoms with van der Waals surface area (Å²) in [6, 6.07) is 18.7. The minimum absolute atomic E-state index is 0.220. The lowest BCUT2D eigenvalue weighted by Crippen LogP contribution is -2.23. The third-order valence-electron chi connectivity index (χ3n) is 5.13. The molecule has 0 radical (unpaired) electrons. The maximum atomic E-state index is 12.5. The highest BCUT2D eigenvalue weighted by Gasteiger charge is 2.19. The molecule has 1 amide bonds. The van der Waals surface area contributed by atoms with Crippen LogP contribution in [0.5, 0.6) is 0 Å². The first-order valence-corrected chi connectivity index (χ1v) is 13.4. The molecule has 0 saturated heterocycles. The molecule has 0 fully saturated rings. The number of thioether (sulfide) groups is 1. The largest absolute Gasteiger partial charge is 0.347 e. The van der Waals surface area contributed by atoms with Crippen LogP contribution in [0.25, 0.3) is 17.1 Å². The third-order valence-corrected chi connectivity index (χ3v) is 7.66. The number of benzene rings is 2. The van der Waals surface area contributed by atoms with Crippen molar-refractivity contribution in [1.82, 2.24) is 30.0 Å². The smallest absolute Gasteiger partial charge is 0.271 e. The molecule has 5 aromatic rings. The summed E-state index contributed by atoms with van der Waals surface area (Å²) in [4.78, 5) is 21.0. The molecule has 1 N–H and O–H groups in total. The first-order chi connectivity index (χ1) is 17.6. The minimum atomic E-state index is -0.220. The summed E-state index contributed by atoms with van der Waals surface area (Å²) in [6.07, 6.45) is 3.39. The third kappa shape index (κ3) is 5.60. The van der Waals surface area contributed by atoms with Crippen LogP contribution in [0.2, 0.25) is 10.0 Å². The van der Waals surface area contributed by atoms with Crippen LogP contribution >= 0.6 is 46.3 Å². The van der Waals surface area contributed by atoms with E-state index in [-0.39, 0.29) is 5.91 Å². The number of pyridine rings is 1. The number of aromatic nitrogens is 5. The van der Waals surface area contributed by atoms with Crippen LogP contribution in [0, 0.1) is 0 Å². The van der Waals surface area contributed by atoms with E-state index in [9.17, 15) is 4.79 Å². The Kier molecular flexibility index (Phi) is 7.62. The number of carbonyl (C=O) groups excluding carboxylic acids is 1. The van der Waals surface area contributed by atoms with E-state index in [0.717, 1.165) is 21.8 Å². The summed E-state index contributed by atoms with van der Waals surface area (Å²) in [7, 11) is 0. The summed E-state index contributed by atoms with van der Waals surface area (Å²) < 4.78 is 1.92. The van der Waals surface area contributed by atoms with Gasteiger partial charge >= 0.3 is 0 Å². The lowest BCUT2D eigenvalue weighted by atomic mass is 10.2. The Hall–Kier alpha value is -3.24. The lowest BCUT2D eigenvalue weighted by Gasteiger charge is -2.11. The van der Waals surface area contributed by atoms with E-state index in [1.54, 1.807) is 17.8 Å². The van der Waals surface area contributed by atoms with E-state index in [1.165, 1.54) is 23.1 Å². The molecule has 0 spiro atoms.